The summed E-state index contributed by atoms with van der Waals surface area (Å²) in [5.74, 6) is 0. The van der Waals surface area contributed by atoms with Gasteiger partial charge in [0.25, 0.3) is 5.56 Å². The zero-order valence-electron chi connectivity index (χ0n) is 12.5. The van der Waals surface area contributed by atoms with Crippen LogP contribution in [0.15, 0.2) is 15.5 Å². The molecular weight excluding hydrogens is 324 g/mol. The van der Waals surface area contributed by atoms with Crippen LogP contribution in [0.1, 0.15) is 13.8 Å². The molecule has 1 aromatic heterocycles. The summed E-state index contributed by atoms with van der Waals surface area (Å²) < 4.78 is 1.91. The van der Waals surface area contributed by atoms with Gasteiger partial charge in [0.2, 0.25) is 0 Å². The van der Waals surface area contributed by atoms with Gasteiger partial charge in [-0.05, 0) is 30.0 Å². The molecule has 20 heavy (non-hydrogen) atoms. The van der Waals surface area contributed by atoms with Gasteiger partial charge in [0.15, 0.2) is 0 Å². The van der Waals surface area contributed by atoms with E-state index >= 15 is 0 Å². The average Bonchev–Trinajstić information content (AvgIpc) is 2.39. The first-order valence-corrected chi connectivity index (χ1v) is 7.31. The maximum absolute atomic E-state index is 12.1. The number of nitrogens with one attached hydrogen (secondary N) is 1. The number of hydrogen-bond donors (Lipinski definition) is 2. The highest BCUT2D eigenvalue weighted by Crippen LogP contribution is 2.20. The average molecular weight is 347 g/mol. The molecule has 0 aromatic carbocycles. The molecule has 1 heterocycles. The second kappa shape index (κ2) is 7.19. The zero-order valence-corrected chi connectivity index (χ0v) is 14.1. The smallest absolute Gasteiger partial charge is 0.283 e. The minimum atomic E-state index is -0.251. The second-order valence-electron chi connectivity index (χ2n) is 5.88. The lowest BCUT2D eigenvalue weighted by Gasteiger charge is -2.23. The maximum atomic E-state index is 12.1. The van der Waals surface area contributed by atoms with E-state index < -0.39 is 0 Å². The molecule has 7 heteroatoms. The number of aliphatic hydroxyl groups is 1. The van der Waals surface area contributed by atoms with E-state index in [4.69, 9.17) is 0 Å². The molecule has 114 valence electrons. The first-order valence-electron chi connectivity index (χ1n) is 6.52. The molecule has 0 amide bonds. The molecule has 0 saturated heterocycles. The summed E-state index contributed by atoms with van der Waals surface area (Å²) in [5, 5.41) is 16.5. The maximum Gasteiger partial charge on any atom is 0.283 e. The lowest BCUT2D eigenvalue weighted by molar-refractivity contribution is 0.171. The molecule has 0 bridgehead atoms. The number of aliphatic hydroxyl groups excluding tert-OH is 1. The Kier molecular flexibility index (Phi) is 6.16. The van der Waals surface area contributed by atoms with Gasteiger partial charge in [-0.2, -0.15) is 5.10 Å². The van der Waals surface area contributed by atoms with Gasteiger partial charge in [0.05, 0.1) is 18.4 Å². The molecule has 0 aliphatic carbocycles. The Morgan fingerprint density at radius 3 is 2.70 bits per heavy atom. The van der Waals surface area contributed by atoms with Gasteiger partial charge < -0.3 is 15.3 Å². The minimum absolute atomic E-state index is 0.0744. The molecule has 2 N–H and O–H groups in total. The molecule has 0 unspecified atom stereocenters. The third-order valence-electron chi connectivity index (χ3n) is 2.93. The number of rotatable bonds is 7. The van der Waals surface area contributed by atoms with Gasteiger partial charge >= 0.3 is 0 Å². The van der Waals surface area contributed by atoms with Crippen molar-refractivity contribution in [1.82, 2.24) is 14.7 Å². The Labute approximate surface area is 127 Å². The molecule has 0 aliphatic heterocycles. The summed E-state index contributed by atoms with van der Waals surface area (Å²) in [6, 6.07) is 0. The van der Waals surface area contributed by atoms with Crippen LogP contribution in [0.2, 0.25) is 0 Å². The highest BCUT2D eigenvalue weighted by atomic mass is 79.9. The molecule has 6 nitrogen and oxygen atoms in total. The molecule has 1 aromatic rings. The highest BCUT2D eigenvalue weighted by Gasteiger charge is 2.17. The largest absolute Gasteiger partial charge is 0.396 e. The molecule has 0 spiro atoms. The van der Waals surface area contributed by atoms with Crippen molar-refractivity contribution in [3.05, 3.63) is 21.0 Å². The van der Waals surface area contributed by atoms with Crippen LogP contribution in [-0.4, -0.2) is 53.6 Å². The Morgan fingerprint density at radius 2 is 2.15 bits per heavy atom. The first kappa shape index (κ1) is 17.1. The van der Waals surface area contributed by atoms with Crippen LogP contribution in [0.25, 0.3) is 0 Å². The van der Waals surface area contributed by atoms with Crippen molar-refractivity contribution in [2.75, 3.05) is 39.1 Å². The normalized spacial score (nSPS) is 11.9. The highest BCUT2D eigenvalue weighted by molar-refractivity contribution is 9.10. The van der Waals surface area contributed by atoms with Crippen molar-refractivity contribution in [2.24, 2.45) is 5.41 Å². The number of anilines is 1. The van der Waals surface area contributed by atoms with Gasteiger partial charge in [-0.3, -0.25) is 4.79 Å². The van der Waals surface area contributed by atoms with Gasteiger partial charge in [-0.1, -0.05) is 13.8 Å². The third kappa shape index (κ3) is 4.88. The van der Waals surface area contributed by atoms with E-state index in [2.05, 4.69) is 26.3 Å². The van der Waals surface area contributed by atoms with Crippen LogP contribution >= 0.6 is 15.9 Å². The first-order chi connectivity index (χ1) is 9.26. The summed E-state index contributed by atoms with van der Waals surface area (Å²) in [7, 11) is 3.90. The summed E-state index contributed by atoms with van der Waals surface area (Å²) in [4.78, 5) is 14.1. The summed E-state index contributed by atoms with van der Waals surface area (Å²) in [6.07, 6.45) is 1.63. The van der Waals surface area contributed by atoms with Crippen LogP contribution in [-0.2, 0) is 6.54 Å². The van der Waals surface area contributed by atoms with Crippen LogP contribution in [0.4, 0.5) is 5.69 Å². The lowest BCUT2D eigenvalue weighted by Crippen LogP contribution is -2.31. The van der Waals surface area contributed by atoms with Gasteiger partial charge in [0.1, 0.15) is 4.47 Å². The molecule has 0 fully saturated rings. The van der Waals surface area contributed by atoms with E-state index in [1.165, 1.54) is 4.68 Å². The van der Waals surface area contributed by atoms with Crippen molar-refractivity contribution in [3.8, 4) is 0 Å². The molecular formula is C13H23BrN4O2. The van der Waals surface area contributed by atoms with Gasteiger partial charge in [-0.25, -0.2) is 4.68 Å². The summed E-state index contributed by atoms with van der Waals surface area (Å²) in [6.45, 7) is 5.83. The van der Waals surface area contributed by atoms with Crippen molar-refractivity contribution in [3.63, 3.8) is 0 Å². The monoisotopic (exact) mass is 346 g/mol. The molecule has 1 rings (SSSR count). The fraction of sp³-hybridized carbons (Fsp3) is 0.692. The number of hydrogen-bond acceptors (Lipinski definition) is 5. The predicted molar refractivity (Wildman–Crippen MR) is 84.1 cm³/mol. The van der Waals surface area contributed by atoms with E-state index in [1.54, 1.807) is 6.20 Å². The van der Waals surface area contributed by atoms with E-state index in [0.29, 0.717) is 23.2 Å². The number of halogens is 1. The Balaban J connectivity index is 2.81. The third-order valence-corrected chi connectivity index (χ3v) is 3.70. The Bertz CT molecular complexity index is 500. The van der Waals surface area contributed by atoms with Crippen LogP contribution in [0.5, 0.6) is 0 Å². The fourth-order valence-electron chi connectivity index (χ4n) is 1.43. The van der Waals surface area contributed by atoms with Crippen LogP contribution < -0.4 is 10.9 Å². The SMILES string of the molecule is CN(C)CCn1ncc(NCC(C)(C)CO)c(Br)c1=O. The van der Waals surface area contributed by atoms with E-state index in [-0.39, 0.29) is 17.6 Å². The number of nitrogens with zero attached hydrogens (tertiary/aromatic N) is 3. The lowest BCUT2D eigenvalue weighted by atomic mass is 9.95. The fourth-order valence-corrected chi connectivity index (χ4v) is 1.88. The van der Waals surface area contributed by atoms with E-state index in [9.17, 15) is 9.90 Å². The Morgan fingerprint density at radius 1 is 1.50 bits per heavy atom. The molecule has 0 atom stereocenters. The zero-order chi connectivity index (χ0) is 15.3. The van der Waals surface area contributed by atoms with E-state index in [1.807, 2.05) is 32.8 Å². The van der Waals surface area contributed by atoms with Crippen molar-refractivity contribution in [2.45, 2.75) is 20.4 Å². The number of aromatic nitrogens is 2. The number of likely N-dealkylation sites (N-methyl/N-ethyl adjacent to an activating group) is 1. The predicted octanol–water partition coefficient (Wildman–Crippen LogP) is 0.998. The summed E-state index contributed by atoms with van der Waals surface area (Å²) in [5.41, 5.74) is 0.246. The van der Waals surface area contributed by atoms with Gasteiger partial charge in [0, 0.05) is 25.1 Å². The van der Waals surface area contributed by atoms with Crippen LogP contribution in [0, 0.1) is 5.41 Å². The Hall–Kier alpha value is -0.920. The minimum Gasteiger partial charge on any atom is -0.396 e. The summed E-state index contributed by atoms with van der Waals surface area (Å²) >= 11 is 3.32. The van der Waals surface area contributed by atoms with E-state index in [0.717, 1.165) is 6.54 Å². The van der Waals surface area contributed by atoms with Crippen molar-refractivity contribution < 1.29 is 5.11 Å². The van der Waals surface area contributed by atoms with Crippen molar-refractivity contribution >= 4 is 21.6 Å². The topological polar surface area (TPSA) is 70.4 Å². The van der Waals surface area contributed by atoms with Crippen molar-refractivity contribution in [1.29, 1.82) is 0 Å². The van der Waals surface area contributed by atoms with Gasteiger partial charge in [-0.15, -0.1) is 0 Å². The quantitative estimate of drug-likeness (QED) is 0.770. The molecule has 0 radical (unpaired) electrons. The molecule has 0 saturated carbocycles. The molecule has 0 aliphatic rings. The second-order valence-corrected chi connectivity index (χ2v) is 6.67. The standard InChI is InChI=1S/C13H23BrN4O2/c1-13(2,9-19)8-15-10-7-16-18(6-5-17(3)4)12(20)11(10)14/h7,15,19H,5-6,8-9H2,1-4H3. The van der Waals surface area contributed by atoms with Crippen LogP contribution in [0.3, 0.4) is 0 Å².